The van der Waals surface area contributed by atoms with E-state index in [0.717, 1.165) is 18.7 Å². The molecule has 0 fully saturated rings. The summed E-state index contributed by atoms with van der Waals surface area (Å²) < 4.78 is 0. The van der Waals surface area contributed by atoms with Gasteiger partial charge in [-0.05, 0) is 19.2 Å². The van der Waals surface area contributed by atoms with E-state index in [1.54, 1.807) is 6.08 Å². The molecule has 0 aromatic heterocycles. The molecule has 0 spiro atoms. The quantitative estimate of drug-likeness (QED) is 0.814. The van der Waals surface area contributed by atoms with Gasteiger partial charge in [0.15, 0.2) is 5.78 Å². The van der Waals surface area contributed by atoms with E-state index in [1.807, 2.05) is 0 Å². The van der Waals surface area contributed by atoms with E-state index in [9.17, 15) is 9.90 Å². The summed E-state index contributed by atoms with van der Waals surface area (Å²) in [6.45, 7) is 6.71. The van der Waals surface area contributed by atoms with Gasteiger partial charge in [-0.2, -0.15) is 0 Å². The zero-order valence-corrected chi connectivity index (χ0v) is 11.7. The van der Waals surface area contributed by atoms with Gasteiger partial charge in [0.1, 0.15) is 0 Å². The standard InChI is InChI=1S/C10H17NO2.Y/c1-3-11(4-2)7-8-5-9(12)6-10(8)13;/h5,9,12H,3-4,6-7H2,1-2H3;. The van der Waals surface area contributed by atoms with Gasteiger partial charge >= 0.3 is 0 Å². The van der Waals surface area contributed by atoms with Crippen molar-refractivity contribution < 1.29 is 42.6 Å². The minimum atomic E-state index is -0.543. The van der Waals surface area contributed by atoms with Crippen molar-refractivity contribution in [2.24, 2.45) is 0 Å². The monoisotopic (exact) mass is 272 g/mol. The number of Topliss-reactive ketones (excluding diaryl/α,β-unsaturated/α-hetero) is 1. The molecule has 1 N–H and O–H groups in total. The van der Waals surface area contributed by atoms with Crippen molar-refractivity contribution in [2.75, 3.05) is 19.6 Å². The fraction of sp³-hybridized carbons (Fsp3) is 0.700. The van der Waals surface area contributed by atoms with Gasteiger partial charge in [-0.15, -0.1) is 0 Å². The fourth-order valence-electron chi connectivity index (χ4n) is 1.53. The predicted molar refractivity (Wildman–Crippen MR) is 51.5 cm³/mol. The molecular weight excluding hydrogens is 255 g/mol. The maximum atomic E-state index is 11.3. The molecule has 0 aromatic carbocycles. The van der Waals surface area contributed by atoms with E-state index in [0.29, 0.717) is 6.54 Å². The van der Waals surface area contributed by atoms with Crippen LogP contribution in [0.2, 0.25) is 0 Å². The molecule has 0 aromatic rings. The first-order valence-corrected chi connectivity index (χ1v) is 4.81. The molecule has 77 valence electrons. The third-order valence-electron chi connectivity index (χ3n) is 2.43. The van der Waals surface area contributed by atoms with Crippen molar-refractivity contribution in [1.29, 1.82) is 0 Å². The number of nitrogens with zero attached hydrogens (tertiary/aromatic N) is 1. The number of carbonyl (C=O) groups excluding carboxylic acids is 1. The summed E-state index contributed by atoms with van der Waals surface area (Å²) in [7, 11) is 0. The van der Waals surface area contributed by atoms with Crippen LogP contribution in [0, 0.1) is 0 Å². The van der Waals surface area contributed by atoms with Crippen LogP contribution in [0.4, 0.5) is 0 Å². The first-order valence-electron chi connectivity index (χ1n) is 4.81. The smallest absolute Gasteiger partial charge is 0.162 e. The van der Waals surface area contributed by atoms with Crippen molar-refractivity contribution in [3.05, 3.63) is 11.6 Å². The van der Waals surface area contributed by atoms with Crippen LogP contribution < -0.4 is 0 Å². The second-order valence-electron chi connectivity index (χ2n) is 3.35. The van der Waals surface area contributed by atoms with Crippen LogP contribution in [0.1, 0.15) is 20.3 Å². The van der Waals surface area contributed by atoms with Crippen molar-refractivity contribution in [3.8, 4) is 0 Å². The Bertz CT molecular complexity index is 224. The molecule has 1 rings (SSSR count). The van der Waals surface area contributed by atoms with E-state index in [4.69, 9.17) is 0 Å². The van der Waals surface area contributed by atoms with Crippen LogP contribution in [0.15, 0.2) is 11.6 Å². The van der Waals surface area contributed by atoms with Crippen LogP contribution in [0.25, 0.3) is 0 Å². The molecule has 0 heterocycles. The predicted octanol–water partition coefficient (Wildman–Crippen LogP) is 0.586. The van der Waals surface area contributed by atoms with Gasteiger partial charge in [-0.3, -0.25) is 9.69 Å². The minimum absolute atomic E-state index is 0. The Hall–Kier alpha value is 0.434. The van der Waals surface area contributed by atoms with Crippen LogP contribution in [-0.4, -0.2) is 41.5 Å². The van der Waals surface area contributed by atoms with Crippen LogP contribution in [0.3, 0.4) is 0 Å². The van der Waals surface area contributed by atoms with Gasteiger partial charge in [-0.25, -0.2) is 0 Å². The Kier molecular flexibility index (Phi) is 7.05. The topological polar surface area (TPSA) is 40.5 Å². The summed E-state index contributed by atoms with van der Waals surface area (Å²) in [5.74, 6) is 0.0967. The number of likely N-dealkylation sites (N-methyl/N-ethyl adjacent to an activating group) is 1. The molecule has 4 heteroatoms. The van der Waals surface area contributed by atoms with Crippen LogP contribution in [0.5, 0.6) is 0 Å². The Labute approximate surface area is 110 Å². The number of ketones is 1. The molecule has 0 amide bonds. The molecule has 3 nitrogen and oxygen atoms in total. The number of carbonyl (C=O) groups is 1. The third-order valence-corrected chi connectivity index (χ3v) is 2.43. The number of aliphatic hydroxyl groups excluding tert-OH is 1. The number of hydrogen-bond acceptors (Lipinski definition) is 3. The second-order valence-corrected chi connectivity index (χ2v) is 3.35. The Morgan fingerprint density at radius 2 is 2.07 bits per heavy atom. The van der Waals surface area contributed by atoms with Crippen molar-refractivity contribution >= 4 is 5.78 Å². The molecule has 14 heavy (non-hydrogen) atoms. The molecule has 1 unspecified atom stereocenters. The molecule has 1 aliphatic carbocycles. The Morgan fingerprint density at radius 3 is 2.43 bits per heavy atom. The molecule has 0 aliphatic heterocycles. The fourth-order valence-corrected chi connectivity index (χ4v) is 1.53. The normalized spacial score (nSPS) is 21.0. The first-order chi connectivity index (χ1) is 6.17. The molecule has 1 radical (unpaired) electrons. The Balaban J connectivity index is 0.00000169. The van der Waals surface area contributed by atoms with Crippen molar-refractivity contribution in [3.63, 3.8) is 0 Å². The maximum absolute atomic E-state index is 11.3. The third kappa shape index (κ3) is 3.89. The number of aliphatic hydroxyl groups is 1. The minimum Gasteiger partial charge on any atom is -0.389 e. The average molecular weight is 272 g/mol. The summed E-state index contributed by atoms with van der Waals surface area (Å²) >= 11 is 0. The van der Waals surface area contributed by atoms with Crippen LogP contribution >= 0.6 is 0 Å². The summed E-state index contributed by atoms with van der Waals surface area (Å²) in [4.78, 5) is 13.5. The molecule has 1 aliphatic rings. The SMILES string of the molecule is CCN(CC)CC1=CC(O)CC1=O.[Y]. The zero-order chi connectivity index (χ0) is 9.84. The van der Waals surface area contributed by atoms with Crippen molar-refractivity contribution in [2.45, 2.75) is 26.4 Å². The van der Waals surface area contributed by atoms with Gasteiger partial charge in [0, 0.05) is 51.2 Å². The van der Waals surface area contributed by atoms with E-state index >= 15 is 0 Å². The summed E-state index contributed by atoms with van der Waals surface area (Å²) in [6.07, 6.45) is 1.41. The van der Waals surface area contributed by atoms with E-state index < -0.39 is 6.10 Å². The molecule has 0 saturated carbocycles. The molecule has 0 saturated heterocycles. The summed E-state index contributed by atoms with van der Waals surface area (Å²) in [5, 5.41) is 9.21. The molecule has 0 bridgehead atoms. The summed E-state index contributed by atoms with van der Waals surface area (Å²) in [5.41, 5.74) is 0.774. The van der Waals surface area contributed by atoms with Gasteiger partial charge in [0.2, 0.25) is 0 Å². The van der Waals surface area contributed by atoms with E-state index in [2.05, 4.69) is 18.7 Å². The first kappa shape index (κ1) is 14.4. The summed E-state index contributed by atoms with van der Waals surface area (Å²) in [6, 6.07) is 0. The van der Waals surface area contributed by atoms with Gasteiger partial charge in [0.25, 0.3) is 0 Å². The Morgan fingerprint density at radius 1 is 1.50 bits per heavy atom. The number of hydrogen-bond donors (Lipinski definition) is 1. The van der Waals surface area contributed by atoms with Gasteiger partial charge in [0.05, 0.1) is 6.10 Å². The van der Waals surface area contributed by atoms with E-state index in [-0.39, 0.29) is 44.9 Å². The second kappa shape index (κ2) is 6.83. The van der Waals surface area contributed by atoms with Gasteiger partial charge in [-0.1, -0.05) is 13.8 Å². The average Bonchev–Trinajstić information content (AvgIpc) is 2.41. The molecule has 1 atom stereocenters. The largest absolute Gasteiger partial charge is 0.389 e. The van der Waals surface area contributed by atoms with E-state index in [1.165, 1.54) is 0 Å². The number of rotatable bonds is 4. The van der Waals surface area contributed by atoms with Crippen molar-refractivity contribution in [1.82, 2.24) is 4.90 Å². The van der Waals surface area contributed by atoms with Crippen LogP contribution in [-0.2, 0) is 37.5 Å². The van der Waals surface area contributed by atoms with Gasteiger partial charge < -0.3 is 5.11 Å². The maximum Gasteiger partial charge on any atom is 0.162 e. The zero-order valence-electron chi connectivity index (χ0n) is 8.86. The molecular formula is C10H17NO2Y.